The number of rotatable bonds is 42. The van der Waals surface area contributed by atoms with Gasteiger partial charge in [0.2, 0.25) is 0 Å². The molecule has 0 aliphatic carbocycles. The Bertz CT molecular complexity index is 915. The number of carbonyl (C=O) groups is 3. The summed E-state index contributed by atoms with van der Waals surface area (Å²) in [6.07, 6.45) is 40.8. The lowest BCUT2D eigenvalue weighted by atomic mass is 10.0. The number of hydrogen-bond acceptors (Lipinski definition) is 7. The first-order chi connectivity index (χ1) is 26.6. The largest absolute Gasteiger partial charge is 0.544 e. The zero-order chi connectivity index (χ0) is 40.7. The number of unbranched alkanes of at least 4 members (excludes halogenated alkanes) is 26. The Morgan fingerprint density at radius 3 is 1.31 bits per heavy atom. The van der Waals surface area contributed by atoms with Crippen LogP contribution in [0.15, 0.2) is 12.2 Å². The van der Waals surface area contributed by atoms with Crippen LogP contribution in [0.1, 0.15) is 219 Å². The molecule has 0 spiro atoms. The molecule has 0 saturated carbocycles. The average Bonchev–Trinajstić information content (AvgIpc) is 3.14. The maximum absolute atomic E-state index is 12.7. The molecule has 55 heavy (non-hydrogen) atoms. The van der Waals surface area contributed by atoms with E-state index in [9.17, 15) is 19.5 Å². The number of likely N-dealkylation sites (N-methyl/N-ethyl adjacent to an activating group) is 1. The molecule has 0 fully saturated rings. The van der Waals surface area contributed by atoms with Crippen LogP contribution in [-0.2, 0) is 28.6 Å². The highest BCUT2D eigenvalue weighted by molar-refractivity contribution is 5.70. The van der Waals surface area contributed by atoms with Crippen molar-refractivity contribution in [2.45, 2.75) is 231 Å². The second kappa shape index (κ2) is 38.9. The van der Waals surface area contributed by atoms with Crippen molar-refractivity contribution in [1.82, 2.24) is 0 Å². The number of carboxylic acid groups (broad SMARTS) is 1. The molecule has 2 unspecified atom stereocenters. The van der Waals surface area contributed by atoms with Gasteiger partial charge in [0.05, 0.1) is 40.3 Å². The molecule has 324 valence electrons. The highest BCUT2D eigenvalue weighted by Crippen LogP contribution is 2.15. The van der Waals surface area contributed by atoms with E-state index in [0.717, 1.165) is 44.9 Å². The summed E-state index contributed by atoms with van der Waals surface area (Å²) in [5.74, 6) is -1.73. The van der Waals surface area contributed by atoms with Gasteiger partial charge in [0.25, 0.3) is 0 Å². The van der Waals surface area contributed by atoms with Gasteiger partial charge in [-0.2, -0.15) is 0 Å². The topological polar surface area (TPSA) is 102 Å². The number of nitrogens with zero attached hydrogens (tertiary/aromatic N) is 1. The third kappa shape index (κ3) is 37.4. The van der Waals surface area contributed by atoms with Gasteiger partial charge >= 0.3 is 11.9 Å². The fourth-order valence-corrected chi connectivity index (χ4v) is 7.01. The summed E-state index contributed by atoms with van der Waals surface area (Å²) in [6, 6.07) is -0.722. The summed E-state index contributed by atoms with van der Waals surface area (Å²) >= 11 is 0. The molecule has 0 aromatic heterocycles. The summed E-state index contributed by atoms with van der Waals surface area (Å²) in [5.41, 5.74) is 0. The van der Waals surface area contributed by atoms with Crippen LogP contribution in [0.2, 0.25) is 0 Å². The molecule has 0 saturated heterocycles. The summed E-state index contributed by atoms with van der Waals surface area (Å²) in [5, 5.41) is 11.6. The van der Waals surface area contributed by atoms with Crippen LogP contribution >= 0.6 is 0 Å². The molecule has 0 bridgehead atoms. The Kier molecular flexibility index (Phi) is 37.6. The van der Waals surface area contributed by atoms with Gasteiger partial charge in [0, 0.05) is 19.3 Å². The molecule has 0 heterocycles. The fourth-order valence-electron chi connectivity index (χ4n) is 7.01. The lowest BCUT2D eigenvalue weighted by Crippen LogP contribution is -2.55. The summed E-state index contributed by atoms with van der Waals surface area (Å²) in [6.45, 7) is 4.68. The van der Waals surface area contributed by atoms with Crippen LogP contribution in [0.5, 0.6) is 0 Å². The van der Waals surface area contributed by atoms with E-state index in [-0.39, 0.29) is 42.7 Å². The van der Waals surface area contributed by atoms with Crippen LogP contribution in [0.3, 0.4) is 0 Å². The third-order valence-electron chi connectivity index (χ3n) is 10.7. The Hall–Kier alpha value is -1.93. The van der Waals surface area contributed by atoms with E-state index in [0.29, 0.717) is 12.8 Å². The molecular weight excluding hydrogens is 691 g/mol. The van der Waals surface area contributed by atoms with Gasteiger partial charge in [-0.25, -0.2) is 0 Å². The predicted octanol–water partition coefficient (Wildman–Crippen LogP) is 11.4. The zero-order valence-corrected chi connectivity index (χ0v) is 36.9. The van der Waals surface area contributed by atoms with Crippen LogP contribution in [0.25, 0.3) is 0 Å². The van der Waals surface area contributed by atoms with Crippen molar-refractivity contribution < 1.29 is 38.2 Å². The van der Waals surface area contributed by atoms with Gasteiger partial charge in [-0.3, -0.25) is 9.59 Å². The fraction of sp³-hybridized carbons (Fsp3) is 0.894. The molecule has 0 rings (SSSR count). The number of allylic oxidation sites excluding steroid dienone is 2. The maximum Gasteiger partial charge on any atom is 0.306 e. The van der Waals surface area contributed by atoms with E-state index < -0.39 is 18.1 Å². The monoisotopic (exact) mass is 780 g/mol. The van der Waals surface area contributed by atoms with Crippen molar-refractivity contribution in [2.24, 2.45) is 0 Å². The molecule has 0 amide bonds. The first-order valence-electron chi connectivity index (χ1n) is 23.2. The van der Waals surface area contributed by atoms with Gasteiger partial charge in [-0.15, -0.1) is 0 Å². The quantitative estimate of drug-likeness (QED) is 0.0263. The van der Waals surface area contributed by atoms with E-state index >= 15 is 0 Å². The number of aliphatic carboxylic acids is 1. The highest BCUT2D eigenvalue weighted by Gasteiger charge is 2.25. The zero-order valence-electron chi connectivity index (χ0n) is 36.9. The molecule has 8 heteroatoms. The predicted molar refractivity (Wildman–Crippen MR) is 227 cm³/mol. The van der Waals surface area contributed by atoms with E-state index in [1.165, 1.54) is 141 Å². The molecule has 0 aliphatic rings. The minimum atomic E-state index is -1.12. The van der Waals surface area contributed by atoms with E-state index in [1.54, 1.807) is 21.1 Å². The van der Waals surface area contributed by atoms with Crippen LogP contribution in [0, 0.1) is 0 Å². The number of carboxylic acids is 1. The number of hydrogen-bond donors (Lipinski definition) is 0. The number of esters is 2. The van der Waals surface area contributed by atoms with Gasteiger partial charge in [-0.1, -0.05) is 174 Å². The van der Waals surface area contributed by atoms with Gasteiger partial charge < -0.3 is 28.6 Å². The van der Waals surface area contributed by atoms with Crippen LogP contribution in [0.4, 0.5) is 0 Å². The Morgan fingerprint density at radius 2 is 0.909 bits per heavy atom. The van der Waals surface area contributed by atoms with Crippen LogP contribution < -0.4 is 5.11 Å². The van der Waals surface area contributed by atoms with Crippen molar-refractivity contribution in [3.63, 3.8) is 0 Å². The van der Waals surface area contributed by atoms with E-state index in [1.807, 2.05) is 0 Å². The molecule has 2 atom stereocenters. The Labute approximate surface area is 339 Å². The van der Waals surface area contributed by atoms with Crippen molar-refractivity contribution in [3.8, 4) is 0 Å². The van der Waals surface area contributed by atoms with Crippen molar-refractivity contribution in [1.29, 1.82) is 0 Å². The average molecular weight is 780 g/mol. The first-order valence-corrected chi connectivity index (χ1v) is 23.2. The number of ether oxygens (including phenoxy) is 3. The van der Waals surface area contributed by atoms with Crippen molar-refractivity contribution in [3.05, 3.63) is 12.2 Å². The lowest BCUT2D eigenvalue weighted by molar-refractivity contribution is -0.889. The SMILES string of the molecule is CCCCCCCCC/C=C/CCCCCCCC(=O)OCC(COCCC(C(=O)[O-])[N+](C)(C)C)OC(=O)CCCCCCCCCCCCCCCCC. The third-order valence-corrected chi connectivity index (χ3v) is 10.7. The standard InChI is InChI=1S/C47H89NO7/c1-6-8-10-12-14-16-18-20-22-24-25-27-29-31-33-35-37-45(49)54-42-43(41-53-40-39-44(47(51)52)48(3,4)5)55-46(50)38-36-34-32-30-28-26-23-21-19-17-15-13-11-9-7-2/h22,24,43-44H,6-21,23,25-42H2,1-5H3/b24-22+. The van der Waals surface area contributed by atoms with E-state index in [4.69, 9.17) is 14.2 Å². The summed E-state index contributed by atoms with van der Waals surface area (Å²) in [4.78, 5) is 36.9. The summed E-state index contributed by atoms with van der Waals surface area (Å²) < 4.78 is 17.2. The molecule has 0 aliphatic heterocycles. The molecular formula is C47H89NO7. The second-order valence-corrected chi connectivity index (χ2v) is 17.0. The van der Waals surface area contributed by atoms with Gasteiger partial charge in [-0.05, 0) is 38.5 Å². The highest BCUT2D eigenvalue weighted by atomic mass is 16.6. The normalized spacial score (nSPS) is 13.0. The second-order valence-electron chi connectivity index (χ2n) is 17.0. The Balaban J connectivity index is 4.30. The smallest absolute Gasteiger partial charge is 0.306 e. The first kappa shape index (κ1) is 53.1. The maximum atomic E-state index is 12.7. The number of quaternary nitrogens is 1. The Morgan fingerprint density at radius 1 is 0.527 bits per heavy atom. The minimum Gasteiger partial charge on any atom is -0.544 e. The molecule has 0 aromatic rings. The molecule has 8 nitrogen and oxygen atoms in total. The molecule has 0 aromatic carbocycles. The number of carbonyl (C=O) groups excluding carboxylic acids is 3. The van der Waals surface area contributed by atoms with E-state index in [2.05, 4.69) is 26.0 Å². The van der Waals surface area contributed by atoms with Gasteiger partial charge in [0.15, 0.2) is 6.10 Å². The van der Waals surface area contributed by atoms with Crippen molar-refractivity contribution in [2.75, 3.05) is 41.0 Å². The summed E-state index contributed by atoms with van der Waals surface area (Å²) in [7, 11) is 5.41. The molecule has 0 N–H and O–H groups in total. The lowest BCUT2D eigenvalue weighted by Gasteiger charge is -2.34. The minimum absolute atomic E-state index is 0.0439. The molecule has 0 radical (unpaired) electrons. The van der Waals surface area contributed by atoms with Gasteiger partial charge in [0.1, 0.15) is 12.6 Å². The van der Waals surface area contributed by atoms with Crippen LogP contribution in [-0.4, -0.2) is 75.5 Å². The van der Waals surface area contributed by atoms with Crippen molar-refractivity contribution >= 4 is 17.9 Å².